The summed E-state index contributed by atoms with van der Waals surface area (Å²) in [4.78, 5) is 11.4. The number of aryl methyl sites for hydroxylation is 1. The Kier molecular flexibility index (Phi) is 5.03. The van der Waals surface area contributed by atoms with Gasteiger partial charge in [-0.25, -0.2) is 4.98 Å². The van der Waals surface area contributed by atoms with Crippen molar-refractivity contribution in [1.29, 1.82) is 0 Å². The van der Waals surface area contributed by atoms with Gasteiger partial charge in [0.2, 0.25) is 12.7 Å². The highest BCUT2D eigenvalue weighted by molar-refractivity contribution is 5.62. The molecule has 1 saturated heterocycles. The molecule has 0 bridgehead atoms. The zero-order chi connectivity index (χ0) is 17.8. The van der Waals surface area contributed by atoms with Crippen molar-refractivity contribution in [1.82, 2.24) is 14.9 Å². The number of rotatable bonds is 6. The standard InChI is InChI=1S/C18H23N5O3/c1-13-10-17(21-14-2-3-15-16(11-14)26-12-25-15)22-18(20-13)19-4-5-23-6-8-24-9-7-23/h2-3,10-11H,4-9,12H2,1H3,(H2,19,20,21,22). The largest absolute Gasteiger partial charge is 0.454 e. The van der Waals surface area contributed by atoms with E-state index in [0.29, 0.717) is 5.95 Å². The number of nitrogens with zero attached hydrogens (tertiary/aromatic N) is 3. The molecule has 2 aliphatic rings. The van der Waals surface area contributed by atoms with E-state index in [0.717, 1.165) is 68.1 Å². The van der Waals surface area contributed by atoms with Crippen molar-refractivity contribution < 1.29 is 14.2 Å². The molecule has 2 aromatic rings. The molecule has 26 heavy (non-hydrogen) atoms. The van der Waals surface area contributed by atoms with E-state index in [9.17, 15) is 0 Å². The molecular formula is C18H23N5O3. The normalized spacial score (nSPS) is 16.5. The Morgan fingerprint density at radius 3 is 2.81 bits per heavy atom. The fraction of sp³-hybridized carbons (Fsp3) is 0.444. The molecule has 0 aliphatic carbocycles. The van der Waals surface area contributed by atoms with Crippen molar-refractivity contribution in [3.63, 3.8) is 0 Å². The van der Waals surface area contributed by atoms with Gasteiger partial charge in [-0.05, 0) is 19.1 Å². The topological polar surface area (TPSA) is 80.8 Å². The molecule has 1 fully saturated rings. The molecule has 1 aromatic carbocycles. The van der Waals surface area contributed by atoms with Crippen LogP contribution in [0.25, 0.3) is 0 Å². The monoisotopic (exact) mass is 357 g/mol. The minimum Gasteiger partial charge on any atom is -0.454 e. The average molecular weight is 357 g/mol. The Hall–Kier alpha value is -2.58. The minimum absolute atomic E-state index is 0.266. The molecule has 138 valence electrons. The van der Waals surface area contributed by atoms with Crippen LogP contribution in [0.5, 0.6) is 11.5 Å². The Balaban J connectivity index is 1.37. The van der Waals surface area contributed by atoms with Crippen molar-refractivity contribution in [2.45, 2.75) is 6.92 Å². The van der Waals surface area contributed by atoms with E-state index in [1.54, 1.807) is 0 Å². The Morgan fingerprint density at radius 2 is 1.92 bits per heavy atom. The molecule has 4 rings (SSSR count). The van der Waals surface area contributed by atoms with Gasteiger partial charge in [0.25, 0.3) is 0 Å². The second kappa shape index (κ2) is 7.76. The molecule has 3 heterocycles. The van der Waals surface area contributed by atoms with E-state index in [1.165, 1.54) is 0 Å². The molecule has 8 heteroatoms. The molecule has 1 aromatic heterocycles. The summed E-state index contributed by atoms with van der Waals surface area (Å²) in [6.07, 6.45) is 0. The lowest BCUT2D eigenvalue weighted by molar-refractivity contribution is 0.0398. The first-order valence-corrected chi connectivity index (χ1v) is 8.82. The van der Waals surface area contributed by atoms with Gasteiger partial charge in [0, 0.05) is 49.7 Å². The van der Waals surface area contributed by atoms with E-state index >= 15 is 0 Å². The van der Waals surface area contributed by atoms with Gasteiger partial charge in [0.15, 0.2) is 11.5 Å². The van der Waals surface area contributed by atoms with Crippen LogP contribution in [-0.4, -0.2) is 61.1 Å². The lowest BCUT2D eigenvalue weighted by Gasteiger charge is -2.26. The van der Waals surface area contributed by atoms with Crippen molar-refractivity contribution >= 4 is 17.5 Å². The van der Waals surface area contributed by atoms with E-state index in [4.69, 9.17) is 14.2 Å². The minimum atomic E-state index is 0.266. The fourth-order valence-corrected chi connectivity index (χ4v) is 2.98. The van der Waals surface area contributed by atoms with Gasteiger partial charge < -0.3 is 24.8 Å². The van der Waals surface area contributed by atoms with E-state index in [-0.39, 0.29) is 6.79 Å². The van der Waals surface area contributed by atoms with Gasteiger partial charge in [-0.15, -0.1) is 0 Å². The predicted octanol–water partition coefficient (Wildman–Crippen LogP) is 2.00. The quantitative estimate of drug-likeness (QED) is 0.813. The number of aromatic nitrogens is 2. The van der Waals surface area contributed by atoms with Crippen LogP contribution in [0.3, 0.4) is 0 Å². The SMILES string of the molecule is Cc1cc(Nc2ccc3c(c2)OCO3)nc(NCCN2CCOCC2)n1. The van der Waals surface area contributed by atoms with Crippen molar-refractivity contribution in [3.05, 3.63) is 30.0 Å². The summed E-state index contributed by atoms with van der Waals surface area (Å²) >= 11 is 0. The van der Waals surface area contributed by atoms with Crippen LogP contribution in [-0.2, 0) is 4.74 Å². The molecule has 0 unspecified atom stereocenters. The summed E-state index contributed by atoms with van der Waals surface area (Å²) in [5.41, 5.74) is 1.80. The predicted molar refractivity (Wildman–Crippen MR) is 98.4 cm³/mol. The molecule has 0 atom stereocenters. The van der Waals surface area contributed by atoms with Gasteiger partial charge in [-0.1, -0.05) is 0 Å². The number of anilines is 3. The summed E-state index contributed by atoms with van der Waals surface area (Å²) in [6.45, 7) is 7.55. The van der Waals surface area contributed by atoms with Gasteiger partial charge >= 0.3 is 0 Å². The number of hydrogen-bond acceptors (Lipinski definition) is 8. The van der Waals surface area contributed by atoms with Crippen LogP contribution in [0, 0.1) is 6.92 Å². The summed E-state index contributed by atoms with van der Waals surface area (Å²) < 4.78 is 16.1. The third-order valence-corrected chi connectivity index (χ3v) is 4.31. The van der Waals surface area contributed by atoms with Crippen LogP contribution in [0.4, 0.5) is 17.5 Å². The number of hydrogen-bond donors (Lipinski definition) is 2. The average Bonchev–Trinajstić information content (AvgIpc) is 3.10. The van der Waals surface area contributed by atoms with E-state index in [1.807, 2.05) is 31.2 Å². The van der Waals surface area contributed by atoms with Crippen LogP contribution in [0.15, 0.2) is 24.3 Å². The highest BCUT2D eigenvalue weighted by atomic mass is 16.7. The van der Waals surface area contributed by atoms with Crippen molar-refractivity contribution in [2.75, 3.05) is 56.8 Å². The van der Waals surface area contributed by atoms with Crippen molar-refractivity contribution in [3.8, 4) is 11.5 Å². The van der Waals surface area contributed by atoms with Crippen LogP contribution in [0.1, 0.15) is 5.69 Å². The number of fused-ring (bicyclic) bond motifs is 1. The van der Waals surface area contributed by atoms with Gasteiger partial charge in [-0.3, -0.25) is 4.90 Å². The lowest BCUT2D eigenvalue weighted by Crippen LogP contribution is -2.39. The molecule has 0 saturated carbocycles. The summed E-state index contributed by atoms with van der Waals surface area (Å²) in [5, 5.41) is 6.61. The third-order valence-electron chi connectivity index (χ3n) is 4.31. The molecule has 2 aliphatic heterocycles. The van der Waals surface area contributed by atoms with E-state index < -0.39 is 0 Å². The van der Waals surface area contributed by atoms with Crippen molar-refractivity contribution in [2.24, 2.45) is 0 Å². The Bertz CT molecular complexity index is 764. The second-order valence-corrected chi connectivity index (χ2v) is 6.29. The molecule has 2 N–H and O–H groups in total. The number of morpholine rings is 1. The molecule has 0 radical (unpaired) electrons. The summed E-state index contributed by atoms with van der Waals surface area (Å²) in [6, 6.07) is 7.65. The Morgan fingerprint density at radius 1 is 1.08 bits per heavy atom. The molecule has 8 nitrogen and oxygen atoms in total. The summed E-state index contributed by atoms with van der Waals surface area (Å²) in [7, 11) is 0. The second-order valence-electron chi connectivity index (χ2n) is 6.29. The highest BCUT2D eigenvalue weighted by Crippen LogP contribution is 2.35. The first-order valence-electron chi connectivity index (χ1n) is 8.82. The lowest BCUT2D eigenvalue weighted by atomic mass is 10.2. The Labute approximate surface area is 152 Å². The van der Waals surface area contributed by atoms with Gasteiger partial charge in [0.05, 0.1) is 13.2 Å². The van der Waals surface area contributed by atoms with Gasteiger partial charge in [-0.2, -0.15) is 4.98 Å². The molecule has 0 spiro atoms. The number of ether oxygens (including phenoxy) is 3. The molecule has 0 amide bonds. The maximum Gasteiger partial charge on any atom is 0.231 e. The maximum atomic E-state index is 5.41. The highest BCUT2D eigenvalue weighted by Gasteiger charge is 2.14. The van der Waals surface area contributed by atoms with Gasteiger partial charge in [0.1, 0.15) is 5.82 Å². The van der Waals surface area contributed by atoms with Crippen LogP contribution >= 0.6 is 0 Å². The fourth-order valence-electron chi connectivity index (χ4n) is 2.98. The summed E-state index contributed by atoms with van der Waals surface area (Å²) in [5.74, 6) is 2.87. The van der Waals surface area contributed by atoms with E-state index in [2.05, 4.69) is 25.5 Å². The van der Waals surface area contributed by atoms with Crippen LogP contribution in [0.2, 0.25) is 0 Å². The zero-order valence-corrected chi connectivity index (χ0v) is 14.8. The molecular weight excluding hydrogens is 334 g/mol. The first kappa shape index (κ1) is 16.9. The first-order chi connectivity index (χ1) is 12.8. The number of benzene rings is 1. The number of nitrogens with one attached hydrogen (secondary N) is 2. The third kappa shape index (κ3) is 4.14. The zero-order valence-electron chi connectivity index (χ0n) is 14.8. The van der Waals surface area contributed by atoms with Crippen LogP contribution < -0.4 is 20.1 Å². The maximum absolute atomic E-state index is 5.41. The smallest absolute Gasteiger partial charge is 0.231 e.